The summed E-state index contributed by atoms with van der Waals surface area (Å²) >= 11 is 1.25. The first-order valence-electron chi connectivity index (χ1n) is 6.18. The van der Waals surface area contributed by atoms with Crippen LogP contribution in [0.25, 0.3) is 0 Å². The van der Waals surface area contributed by atoms with E-state index in [1.54, 1.807) is 5.38 Å². The van der Waals surface area contributed by atoms with E-state index in [1.165, 1.54) is 16.9 Å². The van der Waals surface area contributed by atoms with Crippen LogP contribution >= 0.6 is 11.3 Å². The van der Waals surface area contributed by atoms with Gasteiger partial charge in [-0.05, 0) is 17.5 Å². The Balaban J connectivity index is 1.66. The summed E-state index contributed by atoms with van der Waals surface area (Å²) in [6.07, 6.45) is 0.619. The van der Waals surface area contributed by atoms with E-state index >= 15 is 0 Å². The number of hydrogen-bond donors (Lipinski definition) is 2. The predicted molar refractivity (Wildman–Crippen MR) is 75.0 cm³/mol. The van der Waals surface area contributed by atoms with Crippen LogP contribution in [0.1, 0.15) is 22.7 Å². The molecule has 3 rings (SSSR count). The first-order chi connectivity index (χ1) is 9.63. The molecule has 2 N–H and O–H groups in total. The van der Waals surface area contributed by atoms with Gasteiger partial charge in [0.2, 0.25) is 5.91 Å². The standard InChI is InChI=1S/C14H12N2O3S/c17-12(18)6-9-7-20-14(15-9)16-13(19)11-5-8-3-1-2-4-10(8)11/h1-4,7,11H,5-6H2,(H,17,18)(H,15,16,19). The van der Waals surface area contributed by atoms with Crippen molar-refractivity contribution in [2.75, 3.05) is 5.32 Å². The van der Waals surface area contributed by atoms with Crippen molar-refractivity contribution in [1.82, 2.24) is 4.98 Å². The zero-order valence-corrected chi connectivity index (χ0v) is 11.3. The van der Waals surface area contributed by atoms with Crippen LogP contribution in [0.2, 0.25) is 0 Å². The Morgan fingerprint density at radius 3 is 2.95 bits per heavy atom. The monoisotopic (exact) mass is 288 g/mol. The molecule has 0 saturated heterocycles. The van der Waals surface area contributed by atoms with Gasteiger partial charge in [0.05, 0.1) is 18.0 Å². The van der Waals surface area contributed by atoms with Gasteiger partial charge >= 0.3 is 5.97 Å². The third-order valence-electron chi connectivity index (χ3n) is 3.29. The molecule has 5 nitrogen and oxygen atoms in total. The van der Waals surface area contributed by atoms with Crippen molar-refractivity contribution in [2.45, 2.75) is 18.8 Å². The van der Waals surface area contributed by atoms with Gasteiger partial charge in [-0.3, -0.25) is 9.59 Å². The van der Waals surface area contributed by atoms with Crippen LogP contribution in [0, 0.1) is 0 Å². The average molecular weight is 288 g/mol. The number of amides is 1. The smallest absolute Gasteiger partial charge is 0.309 e. The van der Waals surface area contributed by atoms with E-state index in [1.807, 2.05) is 24.3 Å². The summed E-state index contributed by atoms with van der Waals surface area (Å²) in [5.41, 5.74) is 2.73. The highest BCUT2D eigenvalue weighted by Gasteiger charge is 2.32. The maximum atomic E-state index is 12.1. The number of benzene rings is 1. The summed E-state index contributed by atoms with van der Waals surface area (Å²) in [5.74, 6) is -1.14. The highest BCUT2D eigenvalue weighted by atomic mass is 32.1. The van der Waals surface area contributed by atoms with Crippen molar-refractivity contribution in [1.29, 1.82) is 0 Å². The molecule has 0 aliphatic heterocycles. The molecule has 1 unspecified atom stereocenters. The van der Waals surface area contributed by atoms with Gasteiger partial charge in [0.15, 0.2) is 5.13 Å². The molecule has 1 amide bonds. The topological polar surface area (TPSA) is 79.3 Å². The molecule has 20 heavy (non-hydrogen) atoms. The van der Waals surface area contributed by atoms with Crippen molar-refractivity contribution >= 4 is 28.3 Å². The Hall–Kier alpha value is -2.21. The number of hydrogen-bond acceptors (Lipinski definition) is 4. The van der Waals surface area contributed by atoms with Crippen molar-refractivity contribution in [2.24, 2.45) is 0 Å². The number of carboxylic acid groups (broad SMARTS) is 1. The molecule has 0 spiro atoms. The van der Waals surface area contributed by atoms with Gasteiger partial charge in [0.25, 0.3) is 0 Å². The molecule has 1 aromatic carbocycles. The summed E-state index contributed by atoms with van der Waals surface area (Å²) in [5, 5.41) is 13.5. The predicted octanol–water partition coefficient (Wildman–Crippen LogP) is 2.05. The van der Waals surface area contributed by atoms with E-state index in [4.69, 9.17) is 5.11 Å². The fraction of sp³-hybridized carbons (Fsp3) is 0.214. The van der Waals surface area contributed by atoms with Crippen LogP contribution in [0.15, 0.2) is 29.6 Å². The van der Waals surface area contributed by atoms with Crippen LogP contribution in [0.4, 0.5) is 5.13 Å². The van der Waals surface area contributed by atoms with Crippen molar-refractivity contribution in [3.63, 3.8) is 0 Å². The molecule has 0 saturated carbocycles. The maximum Gasteiger partial charge on any atom is 0.309 e. The maximum absolute atomic E-state index is 12.1. The van der Waals surface area contributed by atoms with E-state index in [0.29, 0.717) is 10.8 Å². The first kappa shape index (κ1) is 12.8. The molecular weight excluding hydrogens is 276 g/mol. The van der Waals surface area contributed by atoms with Gasteiger partial charge in [-0.2, -0.15) is 0 Å². The van der Waals surface area contributed by atoms with E-state index in [-0.39, 0.29) is 18.2 Å². The van der Waals surface area contributed by atoms with Crippen LogP contribution in [0.5, 0.6) is 0 Å². The Kier molecular flexibility index (Phi) is 3.23. The Bertz CT molecular complexity index is 681. The highest BCUT2D eigenvalue weighted by molar-refractivity contribution is 7.13. The second kappa shape index (κ2) is 5.05. The van der Waals surface area contributed by atoms with Crippen LogP contribution < -0.4 is 5.32 Å². The highest BCUT2D eigenvalue weighted by Crippen LogP contribution is 2.35. The minimum Gasteiger partial charge on any atom is -0.481 e. The molecular formula is C14H12N2O3S. The van der Waals surface area contributed by atoms with Crippen LogP contribution in [-0.2, 0) is 22.4 Å². The van der Waals surface area contributed by atoms with E-state index in [9.17, 15) is 9.59 Å². The lowest BCUT2D eigenvalue weighted by molar-refractivity contribution is -0.136. The minimum atomic E-state index is -0.930. The molecule has 1 aliphatic carbocycles. The zero-order valence-electron chi connectivity index (χ0n) is 10.5. The number of carbonyl (C=O) groups is 2. The molecule has 1 atom stereocenters. The van der Waals surface area contributed by atoms with E-state index in [0.717, 1.165) is 12.0 Å². The largest absolute Gasteiger partial charge is 0.481 e. The second-order valence-electron chi connectivity index (χ2n) is 4.66. The number of aliphatic carboxylic acids is 1. The van der Waals surface area contributed by atoms with E-state index < -0.39 is 5.97 Å². The molecule has 1 aliphatic rings. The lowest BCUT2D eigenvalue weighted by Crippen LogP contribution is -2.30. The van der Waals surface area contributed by atoms with Crippen LogP contribution in [0.3, 0.4) is 0 Å². The average Bonchev–Trinajstić information content (AvgIpc) is 2.77. The van der Waals surface area contributed by atoms with Crippen LogP contribution in [-0.4, -0.2) is 22.0 Å². The number of nitrogens with zero attached hydrogens (tertiary/aromatic N) is 1. The molecule has 1 heterocycles. The van der Waals surface area contributed by atoms with Crippen molar-refractivity contribution in [3.05, 3.63) is 46.5 Å². The van der Waals surface area contributed by atoms with E-state index in [2.05, 4.69) is 10.3 Å². The minimum absolute atomic E-state index is 0.0834. The van der Waals surface area contributed by atoms with Crippen molar-refractivity contribution < 1.29 is 14.7 Å². The number of carbonyl (C=O) groups excluding carboxylic acids is 1. The second-order valence-corrected chi connectivity index (χ2v) is 5.52. The molecule has 102 valence electrons. The SMILES string of the molecule is O=C(O)Cc1csc(NC(=O)C2Cc3ccccc32)n1. The molecule has 0 bridgehead atoms. The Morgan fingerprint density at radius 2 is 2.20 bits per heavy atom. The fourth-order valence-corrected chi connectivity index (χ4v) is 3.00. The Labute approximate surface area is 119 Å². The van der Waals surface area contributed by atoms with Gasteiger partial charge in [-0.1, -0.05) is 24.3 Å². The lowest BCUT2D eigenvalue weighted by Gasteiger charge is -2.28. The summed E-state index contributed by atoms with van der Waals surface area (Å²) in [6.45, 7) is 0. The normalized spacial score (nSPS) is 16.1. The zero-order chi connectivity index (χ0) is 14.1. The molecule has 1 aromatic heterocycles. The third-order valence-corrected chi connectivity index (χ3v) is 4.09. The van der Waals surface area contributed by atoms with Gasteiger partial charge < -0.3 is 10.4 Å². The Morgan fingerprint density at radius 1 is 1.40 bits per heavy atom. The molecule has 6 heteroatoms. The molecule has 0 radical (unpaired) electrons. The first-order valence-corrected chi connectivity index (χ1v) is 7.06. The summed E-state index contributed by atoms with van der Waals surface area (Å²) in [7, 11) is 0. The number of nitrogens with one attached hydrogen (secondary N) is 1. The number of anilines is 1. The van der Waals surface area contributed by atoms with Gasteiger partial charge in [0, 0.05) is 5.38 Å². The number of rotatable bonds is 4. The van der Waals surface area contributed by atoms with Gasteiger partial charge in [-0.25, -0.2) is 4.98 Å². The van der Waals surface area contributed by atoms with Gasteiger partial charge in [0.1, 0.15) is 0 Å². The quantitative estimate of drug-likeness (QED) is 0.902. The summed E-state index contributed by atoms with van der Waals surface area (Å²) < 4.78 is 0. The molecule has 0 fully saturated rings. The summed E-state index contributed by atoms with van der Waals surface area (Å²) in [6, 6.07) is 7.87. The third kappa shape index (κ3) is 2.42. The number of thiazole rings is 1. The number of fused-ring (bicyclic) bond motifs is 1. The lowest BCUT2D eigenvalue weighted by atomic mass is 9.77. The van der Waals surface area contributed by atoms with Gasteiger partial charge in [-0.15, -0.1) is 11.3 Å². The fourth-order valence-electron chi connectivity index (χ4n) is 2.29. The van der Waals surface area contributed by atoms with Crippen molar-refractivity contribution in [3.8, 4) is 0 Å². The number of aromatic nitrogens is 1. The molecule has 2 aromatic rings. The summed E-state index contributed by atoms with van der Waals surface area (Å²) in [4.78, 5) is 26.8. The number of carboxylic acids is 1.